The highest BCUT2D eigenvalue weighted by Gasteiger charge is 2.16. The van der Waals surface area contributed by atoms with Gasteiger partial charge in [0.1, 0.15) is 0 Å². The number of hydrogen-bond acceptors (Lipinski definition) is 3. The summed E-state index contributed by atoms with van der Waals surface area (Å²) in [5.74, 6) is -2.45. The third kappa shape index (κ3) is 3.27. The molecule has 0 aliphatic carbocycles. The molecule has 0 unspecified atom stereocenters. The van der Waals surface area contributed by atoms with Crippen LogP contribution in [0.3, 0.4) is 0 Å². The normalized spacial score (nSPS) is 10.7. The molecule has 2 aromatic carbocycles. The fraction of sp³-hybridized carbons (Fsp3) is 0. The molecule has 0 radical (unpaired) electrons. The summed E-state index contributed by atoms with van der Waals surface area (Å²) < 4.78 is 0. The summed E-state index contributed by atoms with van der Waals surface area (Å²) in [4.78, 5) is 26.5. The molecule has 0 fully saturated rings. The van der Waals surface area contributed by atoms with Gasteiger partial charge in [-0.05, 0) is 24.3 Å². The maximum absolute atomic E-state index is 11.2. The fourth-order valence-electron chi connectivity index (χ4n) is 1.77. The number of rotatable bonds is 4. The van der Waals surface area contributed by atoms with E-state index in [0.29, 0.717) is 10.7 Å². The number of aliphatic imine (C=N–C) groups is 1. The summed E-state index contributed by atoms with van der Waals surface area (Å²) in [6, 6.07) is 10.7. The summed E-state index contributed by atoms with van der Waals surface area (Å²) in [7, 11) is 0. The molecular weight excluding hydrogens is 294 g/mol. The first-order valence-electron chi connectivity index (χ1n) is 5.89. The molecular formula is C15H10ClNO4. The lowest BCUT2D eigenvalue weighted by molar-refractivity contribution is 0.0696. The second-order valence-corrected chi connectivity index (χ2v) is 4.49. The minimum absolute atomic E-state index is 0.0254. The number of carboxylic acids is 2. The number of aromatic carboxylic acids is 2. The Kier molecular flexibility index (Phi) is 4.35. The van der Waals surface area contributed by atoms with Crippen molar-refractivity contribution in [2.45, 2.75) is 0 Å². The molecule has 0 amide bonds. The summed E-state index contributed by atoms with van der Waals surface area (Å²) in [6.07, 6.45) is 1.20. The average Bonchev–Trinajstić information content (AvgIpc) is 2.45. The van der Waals surface area contributed by atoms with Crippen molar-refractivity contribution in [3.05, 3.63) is 64.2 Å². The van der Waals surface area contributed by atoms with Crippen molar-refractivity contribution in [3.8, 4) is 0 Å². The van der Waals surface area contributed by atoms with E-state index in [1.54, 1.807) is 24.3 Å². The Balaban J connectivity index is 2.55. The van der Waals surface area contributed by atoms with Crippen molar-refractivity contribution in [2.75, 3.05) is 0 Å². The van der Waals surface area contributed by atoms with Crippen LogP contribution >= 0.6 is 11.6 Å². The maximum atomic E-state index is 11.2. The summed E-state index contributed by atoms with van der Waals surface area (Å²) >= 11 is 5.95. The molecule has 0 aromatic heterocycles. The number of para-hydroxylation sites is 1. The van der Waals surface area contributed by atoms with E-state index in [1.807, 2.05) is 0 Å². The van der Waals surface area contributed by atoms with E-state index in [9.17, 15) is 9.59 Å². The van der Waals surface area contributed by atoms with Crippen LogP contribution in [-0.2, 0) is 0 Å². The van der Waals surface area contributed by atoms with Crippen LogP contribution in [0.4, 0.5) is 5.69 Å². The molecule has 0 saturated heterocycles. The number of halogens is 1. The first-order valence-corrected chi connectivity index (χ1v) is 6.26. The molecule has 21 heavy (non-hydrogen) atoms. The standard InChI is InChI=1S/C15H10ClNO4/c16-12-6-1-2-7-13(12)17-8-11-9(14(18)19)4-3-5-10(11)15(20)21/h1-8H,(H,18,19)(H,20,21). The predicted molar refractivity (Wildman–Crippen MR) is 79.1 cm³/mol. The zero-order valence-corrected chi connectivity index (χ0v) is 11.4. The van der Waals surface area contributed by atoms with E-state index in [0.717, 1.165) is 0 Å². The van der Waals surface area contributed by atoms with Crippen molar-refractivity contribution in [1.29, 1.82) is 0 Å². The number of nitrogens with zero attached hydrogens (tertiary/aromatic N) is 1. The van der Waals surface area contributed by atoms with Gasteiger partial charge in [-0.2, -0.15) is 0 Å². The molecule has 106 valence electrons. The molecule has 2 rings (SSSR count). The Bertz CT molecular complexity index is 708. The predicted octanol–water partition coefficient (Wildman–Crippen LogP) is 3.49. The summed E-state index contributed by atoms with van der Waals surface area (Å²) in [6.45, 7) is 0. The van der Waals surface area contributed by atoms with Gasteiger partial charge in [0.2, 0.25) is 0 Å². The number of benzene rings is 2. The van der Waals surface area contributed by atoms with Gasteiger partial charge < -0.3 is 10.2 Å². The Morgan fingerprint density at radius 3 is 2.05 bits per heavy atom. The van der Waals surface area contributed by atoms with E-state index in [4.69, 9.17) is 21.8 Å². The van der Waals surface area contributed by atoms with Gasteiger partial charge in [0, 0.05) is 11.8 Å². The van der Waals surface area contributed by atoms with Crippen LogP contribution in [0.25, 0.3) is 0 Å². The topological polar surface area (TPSA) is 87.0 Å². The van der Waals surface area contributed by atoms with Crippen molar-refractivity contribution in [1.82, 2.24) is 0 Å². The number of carbonyl (C=O) groups is 2. The average molecular weight is 304 g/mol. The van der Waals surface area contributed by atoms with Crippen molar-refractivity contribution in [2.24, 2.45) is 4.99 Å². The minimum Gasteiger partial charge on any atom is -0.478 e. The Morgan fingerprint density at radius 1 is 0.952 bits per heavy atom. The zero-order chi connectivity index (χ0) is 15.4. The lowest BCUT2D eigenvalue weighted by Gasteiger charge is -2.05. The molecule has 2 N–H and O–H groups in total. The molecule has 0 saturated carbocycles. The largest absolute Gasteiger partial charge is 0.478 e. The molecule has 0 bridgehead atoms. The van der Waals surface area contributed by atoms with Gasteiger partial charge in [-0.15, -0.1) is 0 Å². The van der Waals surface area contributed by atoms with Gasteiger partial charge in [-0.25, -0.2) is 9.59 Å². The van der Waals surface area contributed by atoms with Gasteiger partial charge in [0.05, 0.1) is 21.8 Å². The second kappa shape index (κ2) is 6.19. The number of carboxylic acid groups (broad SMARTS) is 2. The molecule has 0 heterocycles. The lowest BCUT2D eigenvalue weighted by Crippen LogP contribution is -2.09. The van der Waals surface area contributed by atoms with E-state index in [1.165, 1.54) is 24.4 Å². The van der Waals surface area contributed by atoms with Crippen molar-refractivity contribution in [3.63, 3.8) is 0 Å². The van der Waals surface area contributed by atoms with Gasteiger partial charge in [0.15, 0.2) is 0 Å². The molecule has 0 atom stereocenters. The van der Waals surface area contributed by atoms with Crippen LogP contribution in [0, 0.1) is 0 Å². The first kappa shape index (κ1) is 14.7. The Morgan fingerprint density at radius 2 is 1.52 bits per heavy atom. The quantitative estimate of drug-likeness (QED) is 0.846. The van der Waals surface area contributed by atoms with Gasteiger partial charge in [-0.1, -0.05) is 29.8 Å². The van der Waals surface area contributed by atoms with E-state index in [2.05, 4.69) is 4.99 Å². The smallest absolute Gasteiger partial charge is 0.336 e. The van der Waals surface area contributed by atoms with Crippen LogP contribution in [0.5, 0.6) is 0 Å². The summed E-state index contributed by atoms with van der Waals surface area (Å²) in [5, 5.41) is 18.7. The highest BCUT2D eigenvalue weighted by atomic mass is 35.5. The first-order chi connectivity index (χ1) is 10.0. The molecule has 2 aromatic rings. The van der Waals surface area contributed by atoms with Gasteiger partial charge in [0.25, 0.3) is 0 Å². The molecule has 0 aliphatic rings. The SMILES string of the molecule is O=C(O)c1cccc(C(=O)O)c1C=Nc1ccccc1Cl. The van der Waals surface area contributed by atoms with Crippen LogP contribution < -0.4 is 0 Å². The van der Waals surface area contributed by atoms with Crippen LogP contribution in [-0.4, -0.2) is 28.4 Å². The third-order valence-corrected chi connectivity index (χ3v) is 3.07. The van der Waals surface area contributed by atoms with E-state index < -0.39 is 11.9 Å². The highest BCUT2D eigenvalue weighted by molar-refractivity contribution is 6.33. The van der Waals surface area contributed by atoms with Crippen LogP contribution in [0.15, 0.2) is 47.5 Å². The molecule has 0 aliphatic heterocycles. The van der Waals surface area contributed by atoms with Gasteiger partial charge in [-0.3, -0.25) is 4.99 Å². The van der Waals surface area contributed by atoms with E-state index in [-0.39, 0.29) is 16.7 Å². The fourth-order valence-corrected chi connectivity index (χ4v) is 1.95. The number of hydrogen-bond donors (Lipinski definition) is 2. The maximum Gasteiger partial charge on any atom is 0.336 e. The van der Waals surface area contributed by atoms with Crippen LogP contribution in [0.1, 0.15) is 26.3 Å². The monoisotopic (exact) mass is 303 g/mol. The summed E-state index contributed by atoms with van der Waals surface area (Å²) in [5.41, 5.74) is 0.185. The second-order valence-electron chi connectivity index (χ2n) is 4.09. The molecule has 6 heteroatoms. The van der Waals surface area contributed by atoms with Crippen molar-refractivity contribution >= 4 is 35.4 Å². The van der Waals surface area contributed by atoms with Gasteiger partial charge >= 0.3 is 11.9 Å². The molecule has 0 spiro atoms. The lowest BCUT2D eigenvalue weighted by atomic mass is 10.0. The Labute approximate surface area is 125 Å². The van der Waals surface area contributed by atoms with E-state index >= 15 is 0 Å². The minimum atomic E-state index is -1.22. The third-order valence-electron chi connectivity index (χ3n) is 2.75. The zero-order valence-electron chi connectivity index (χ0n) is 10.7. The molecule has 5 nitrogen and oxygen atoms in total. The van der Waals surface area contributed by atoms with Crippen LogP contribution in [0.2, 0.25) is 5.02 Å². The highest BCUT2D eigenvalue weighted by Crippen LogP contribution is 2.24. The Hall–Kier alpha value is -2.66. The van der Waals surface area contributed by atoms with Crippen molar-refractivity contribution < 1.29 is 19.8 Å².